The van der Waals surface area contributed by atoms with Crippen LogP contribution in [0.25, 0.3) is 0 Å². The molecule has 5 nitrogen and oxygen atoms in total. The topological polar surface area (TPSA) is 66.9 Å². The first-order chi connectivity index (χ1) is 10.2. The molecule has 0 spiro atoms. The van der Waals surface area contributed by atoms with E-state index >= 15 is 0 Å². The van der Waals surface area contributed by atoms with Crippen LogP contribution in [0, 0.1) is 5.82 Å². The number of nitrogens with one attached hydrogen (secondary N) is 2. The third-order valence-electron chi connectivity index (χ3n) is 3.18. The summed E-state index contributed by atoms with van der Waals surface area (Å²) in [6.07, 6.45) is 2.90. The van der Waals surface area contributed by atoms with Crippen LogP contribution in [0.2, 0.25) is 0 Å². The summed E-state index contributed by atoms with van der Waals surface area (Å²) in [7, 11) is 0. The number of carbonyl (C=O) groups excluding carboxylic acids is 1. The number of rotatable bonds is 5. The van der Waals surface area contributed by atoms with E-state index < -0.39 is 0 Å². The van der Waals surface area contributed by atoms with Crippen molar-refractivity contribution in [1.29, 1.82) is 0 Å². The van der Waals surface area contributed by atoms with Crippen LogP contribution in [0.4, 0.5) is 14.3 Å². The maximum atomic E-state index is 13.0. The molecule has 1 aliphatic rings. The summed E-state index contributed by atoms with van der Waals surface area (Å²) in [6.45, 7) is 0.434. The normalized spacial score (nSPS) is 14.0. The predicted octanol–water partition coefficient (Wildman–Crippen LogP) is 2.92. The quantitative estimate of drug-likeness (QED) is 0.892. The van der Waals surface area contributed by atoms with Crippen molar-refractivity contribution < 1.29 is 9.18 Å². The van der Waals surface area contributed by atoms with E-state index in [0.29, 0.717) is 24.0 Å². The second-order valence-electron chi connectivity index (χ2n) is 4.98. The first kappa shape index (κ1) is 13.9. The summed E-state index contributed by atoms with van der Waals surface area (Å²) in [5, 5.41) is 14.9. The van der Waals surface area contributed by atoms with Gasteiger partial charge in [0.2, 0.25) is 5.13 Å². The second kappa shape index (κ2) is 6.17. The first-order valence-corrected chi connectivity index (χ1v) is 7.65. The Kier molecular flexibility index (Phi) is 4.10. The lowest BCUT2D eigenvalue weighted by Gasteiger charge is -2.05. The number of amides is 2. The largest absolute Gasteiger partial charge is 0.337 e. The van der Waals surface area contributed by atoms with E-state index in [-0.39, 0.29) is 11.8 Å². The van der Waals surface area contributed by atoms with Gasteiger partial charge in [-0.25, -0.2) is 9.18 Å². The molecular formula is C14H15FN4OS. The molecule has 21 heavy (non-hydrogen) atoms. The molecule has 0 saturated heterocycles. The number of aromatic nitrogens is 2. The first-order valence-electron chi connectivity index (χ1n) is 6.83. The van der Waals surface area contributed by atoms with E-state index in [1.807, 2.05) is 6.07 Å². The van der Waals surface area contributed by atoms with Gasteiger partial charge in [0.15, 0.2) is 0 Å². The van der Waals surface area contributed by atoms with Crippen LogP contribution in [0.3, 0.4) is 0 Å². The summed E-state index contributed by atoms with van der Waals surface area (Å²) >= 11 is 1.42. The van der Waals surface area contributed by atoms with E-state index in [4.69, 9.17) is 0 Å². The number of hydrogen-bond donors (Lipinski definition) is 2. The van der Waals surface area contributed by atoms with Gasteiger partial charge in [-0.15, -0.1) is 10.2 Å². The van der Waals surface area contributed by atoms with Crippen LogP contribution in [0.15, 0.2) is 24.3 Å². The van der Waals surface area contributed by atoms with E-state index in [2.05, 4.69) is 20.8 Å². The lowest BCUT2D eigenvalue weighted by molar-refractivity contribution is 0.252. The van der Waals surface area contributed by atoms with E-state index in [9.17, 15) is 9.18 Å². The molecule has 2 amide bonds. The third-order valence-corrected chi connectivity index (χ3v) is 4.18. The number of carbonyl (C=O) groups is 1. The third kappa shape index (κ3) is 3.98. The zero-order valence-corrected chi connectivity index (χ0v) is 12.1. The van der Waals surface area contributed by atoms with E-state index in [0.717, 1.165) is 23.4 Å². The van der Waals surface area contributed by atoms with Crippen LogP contribution in [0.1, 0.15) is 29.3 Å². The van der Waals surface area contributed by atoms with Crippen LogP contribution in [-0.2, 0) is 6.42 Å². The molecule has 1 saturated carbocycles. The van der Waals surface area contributed by atoms with Gasteiger partial charge in [-0.05, 0) is 37.0 Å². The molecule has 2 N–H and O–H groups in total. The lowest BCUT2D eigenvalue weighted by Crippen LogP contribution is -2.30. The molecule has 1 heterocycles. The van der Waals surface area contributed by atoms with Gasteiger partial charge in [-0.1, -0.05) is 23.5 Å². The molecule has 1 fully saturated rings. The smallest absolute Gasteiger partial charge is 0.321 e. The van der Waals surface area contributed by atoms with E-state index in [1.54, 1.807) is 6.07 Å². The number of halogens is 1. The summed E-state index contributed by atoms with van der Waals surface area (Å²) in [5.41, 5.74) is 0.849. The molecule has 110 valence electrons. The lowest BCUT2D eigenvalue weighted by atomic mass is 10.1. The average molecular weight is 306 g/mol. The molecule has 1 aromatic carbocycles. The van der Waals surface area contributed by atoms with Gasteiger partial charge >= 0.3 is 6.03 Å². The summed E-state index contributed by atoms with van der Waals surface area (Å²) in [5.74, 6) is 0.271. The fraction of sp³-hybridized carbons (Fsp3) is 0.357. The summed E-state index contributed by atoms with van der Waals surface area (Å²) < 4.78 is 13.0. The van der Waals surface area contributed by atoms with E-state index in [1.165, 1.54) is 23.5 Å². The highest BCUT2D eigenvalue weighted by Gasteiger charge is 2.27. The highest BCUT2D eigenvalue weighted by molar-refractivity contribution is 7.15. The summed E-state index contributed by atoms with van der Waals surface area (Å²) in [6, 6.07) is 6.04. The van der Waals surface area contributed by atoms with Gasteiger partial charge in [0.25, 0.3) is 0 Å². The fourth-order valence-corrected chi connectivity index (χ4v) is 2.84. The Morgan fingerprint density at radius 1 is 1.38 bits per heavy atom. The molecule has 0 unspecified atom stereocenters. The molecule has 1 aromatic heterocycles. The van der Waals surface area contributed by atoms with Crippen molar-refractivity contribution in [3.63, 3.8) is 0 Å². The SMILES string of the molecule is O=C(NCCc1cccc(F)c1)Nc1nnc(C2CC2)s1. The van der Waals surface area contributed by atoms with Crippen molar-refractivity contribution in [3.8, 4) is 0 Å². The van der Waals surface area contributed by atoms with Gasteiger partial charge in [-0.3, -0.25) is 5.32 Å². The maximum Gasteiger partial charge on any atom is 0.321 e. The Hall–Kier alpha value is -2.02. The Labute approximate surface area is 125 Å². The number of benzene rings is 1. The molecule has 7 heteroatoms. The zero-order valence-electron chi connectivity index (χ0n) is 11.3. The Morgan fingerprint density at radius 3 is 3.00 bits per heavy atom. The second-order valence-corrected chi connectivity index (χ2v) is 5.99. The molecule has 0 aliphatic heterocycles. The van der Waals surface area contributed by atoms with Gasteiger partial charge in [-0.2, -0.15) is 0 Å². The number of anilines is 1. The van der Waals surface area contributed by atoms with Crippen molar-refractivity contribution in [2.45, 2.75) is 25.2 Å². The highest BCUT2D eigenvalue weighted by Crippen LogP contribution is 2.41. The molecule has 3 rings (SSSR count). The molecule has 0 radical (unpaired) electrons. The van der Waals surface area contributed by atoms with Crippen molar-refractivity contribution in [3.05, 3.63) is 40.7 Å². The fourth-order valence-electron chi connectivity index (χ4n) is 1.93. The monoisotopic (exact) mass is 306 g/mol. The molecule has 0 atom stereocenters. The van der Waals surface area contributed by atoms with Gasteiger partial charge < -0.3 is 5.32 Å². The Balaban J connectivity index is 1.43. The van der Waals surface area contributed by atoms with Gasteiger partial charge in [0.05, 0.1) is 0 Å². The standard InChI is InChI=1S/C14H15FN4OS/c15-11-3-1-2-9(8-11)6-7-16-13(20)17-14-19-18-12(21-14)10-4-5-10/h1-3,8,10H,4-7H2,(H2,16,17,19,20). The van der Waals surface area contributed by atoms with Crippen LogP contribution in [-0.4, -0.2) is 22.8 Å². The summed E-state index contributed by atoms with van der Waals surface area (Å²) in [4.78, 5) is 11.7. The average Bonchev–Trinajstić information content (AvgIpc) is 3.20. The van der Waals surface area contributed by atoms with Crippen LogP contribution in [0.5, 0.6) is 0 Å². The number of nitrogens with zero attached hydrogens (tertiary/aromatic N) is 2. The highest BCUT2D eigenvalue weighted by atomic mass is 32.1. The molecule has 0 bridgehead atoms. The Bertz CT molecular complexity index is 641. The van der Waals surface area contributed by atoms with Crippen molar-refractivity contribution in [2.75, 3.05) is 11.9 Å². The van der Waals surface area contributed by atoms with Crippen molar-refractivity contribution in [1.82, 2.24) is 15.5 Å². The molecule has 2 aromatic rings. The Morgan fingerprint density at radius 2 is 2.24 bits per heavy atom. The van der Waals surface area contributed by atoms with Gasteiger partial charge in [0.1, 0.15) is 10.8 Å². The van der Waals surface area contributed by atoms with Crippen molar-refractivity contribution in [2.24, 2.45) is 0 Å². The maximum absolute atomic E-state index is 13.0. The number of urea groups is 1. The predicted molar refractivity (Wildman–Crippen MR) is 79.0 cm³/mol. The number of hydrogen-bond acceptors (Lipinski definition) is 4. The minimum atomic E-state index is -0.315. The minimum Gasteiger partial charge on any atom is -0.337 e. The van der Waals surface area contributed by atoms with Crippen LogP contribution >= 0.6 is 11.3 Å². The van der Waals surface area contributed by atoms with Crippen LogP contribution < -0.4 is 10.6 Å². The molecule has 1 aliphatic carbocycles. The minimum absolute atomic E-state index is 0.265. The van der Waals surface area contributed by atoms with Crippen molar-refractivity contribution >= 4 is 22.5 Å². The van der Waals surface area contributed by atoms with Gasteiger partial charge in [0, 0.05) is 12.5 Å². The molecular weight excluding hydrogens is 291 g/mol. The zero-order chi connectivity index (χ0) is 14.7.